The van der Waals surface area contributed by atoms with Crippen LogP contribution in [-0.4, -0.2) is 65.6 Å². The predicted octanol–water partition coefficient (Wildman–Crippen LogP) is 3.13. The van der Waals surface area contributed by atoms with Crippen molar-refractivity contribution in [3.05, 3.63) is 30.3 Å². The second-order valence-corrected chi connectivity index (χ2v) is 6.89. The summed E-state index contributed by atoms with van der Waals surface area (Å²) in [5.41, 5.74) is 1.32. The Hall–Kier alpha value is -1.06. The molecule has 1 heterocycles. The van der Waals surface area contributed by atoms with E-state index in [0.29, 0.717) is 25.7 Å². The summed E-state index contributed by atoms with van der Waals surface area (Å²) in [6, 6.07) is 10.6. The van der Waals surface area contributed by atoms with Gasteiger partial charge in [0.2, 0.25) is 0 Å². The van der Waals surface area contributed by atoms with Crippen molar-refractivity contribution in [1.82, 2.24) is 10.6 Å². The quantitative estimate of drug-likeness (QED) is 0.198. The van der Waals surface area contributed by atoms with E-state index in [1.165, 1.54) is 18.5 Å². The summed E-state index contributed by atoms with van der Waals surface area (Å²) in [5, 5.41) is 6.75. The lowest BCUT2D eigenvalue weighted by molar-refractivity contribution is 0.0487. The minimum absolute atomic E-state index is 0. The average Bonchev–Trinajstić information content (AvgIpc) is 3.19. The molecule has 28 heavy (non-hydrogen) atoms. The Balaban J connectivity index is 0.00000392. The van der Waals surface area contributed by atoms with Crippen molar-refractivity contribution in [2.24, 2.45) is 10.9 Å². The zero-order valence-corrected chi connectivity index (χ0v) is 19.7. The molecule has 1 fully saturated rings. The van der Waals surface area contributed by atoms with Crippen LogP contribution >= 0.6 is 24.0 Å². The van der Waals surface area contributed by atoms with Gasteiger partial charge < -0.3 is 25.0 Å². The molecule has 1 aliphatic heterocycles. The number of ether oxygens (including phenoxy) is 2. The van der Waals surface area contributed by atoms with E-state index in [2.05, 4.69) is 57.8 Å². The molecule has 0 bridgehead atoms. The highest BCUT2D eigenvalue weighted by atomic mass is 127. The molecule has 0 radical (unpaired) electrons. The zero-order chi connectivity index (χ0) is 19.2. The van der Waals surface area contributed by atoms with Crippen LogP contribution in [0, 0.1) is 5.92 Å². The molecule has 0 aliphatic carbocycles. The van der Waals surface area contributed by atoms with Crippen LogP contribution in [0.3, 0.4) is 0 Å². The second-order valence-electron chi connectivity index (χ2n) is 6.89. The van der Waals surface area contributed by atoms with Crippen molar-refractivity contribution in [1.29, 1.82) is 0 Å². The molecule has 6 nitrogen and oxygen atoms in total. The molecule has 1 saturated heterocycles. The van der Waals surface area contributed by atoms with Gasteiger partial charge in [0.1, 0.15) is 0 Å². The number of benzene rings is 1. The van der Waals surface area contributed by atoms with Crippen molar-refractivity contribution < 1.29 is 9.47 Å². The monoisotopic (exact) mass is 504 g/mol. The Morgan fingerprint density at radius 2 is 1.86 bits per heavy atom. The predicted molar refractivity (Wildman–Crippen MR) is 128 cm³/mol. The maximum absolute atomic E-state index is 5.57. The molecule has 2 N–H and O–H groups in total. The van der Waals surface area contributed by atoms with Crippen LogP contribution in [0.25, 0.3) is 0 Å². The number of aliphatic imine (C=N–C) groups is 1. The number of guanidine groups is 1. The van der Waals surface area contributed by atoms with Gasteiger partial charge in [0.25, 0.3) is 0 Å². The van der Waals surface area contributed by atoms with Crippen LogP contribution in [0.1, 0.15) is 26.2 Å². The van der Waals surface area contributed by atoms with E-state index >= 15 is 0 Å². The molecule has 2 rings (SSSR count). The fraction of sp³-hybridized carbons (Fsp3) is 0.667. The van der Waals surface area contributed by atoms with Gasteiger partial charge in [-0.05, 0) is 30.9 Å². The van der Waals surface area contributed by atoms with E-state index in [9.17, 15) is 0 Å². The fourth-order valence-corrected chi connectivity index (χ4v) is 3.14. The second kappa shape index (κ2) is 15.8. The highest BCUT2D eigenvalue weighted by Crippen LogP contribution is 2.22. The minimum Gasteiger partial charge on any atom is -0.379 e. The van der Waals surface area contributed by atoms with Crippen LogP contribution in [0.5, 0.6) is 0 Å². The fourth-order valence-electron chi connectivity index (χ4n) is 3.14. The van der Waals surface area contributed by atoms with Crippen molar-refractivity contribution >= 4 is 35.6 Å². The highest BCUT2D eigenvalue weighted by molar-refractivity contribution is 14.0. The van der Waals surface area contributed by atoms with Gasteiger partial charge in [-0.25, -0.2) is 0 Å². The van der Waals surface area contributed by atoms with E-state index in [1.54, 1.807) is 0 Å². The first-order valence-corrected chi connectivity index (χ1v) is 10.2. The van der Waals surface area contributed by atoms with Gasteiger partial charge in [-0.3, -0.25) is 4.99 Å². The van der Waals surface area contributed by atoms with Crippen LogP contribution in [-0.2, 0) is 9.47 Å². The maximum atomic E-state index is 5.57. The number of para-hydroxylation sites is 1. The summed E-state index contributed by atoms with van der Waals surface area (Å²) in [7, 11) is 1.81. The van der Waals surface area contributed by atoms with Gasteiger partial charge in [-0.1, -0.05) is 31.5 Å². The lowest BCUT2D eigenvalue weighted by Crippen LogP contribution is -2.41. The van der Waals surface area contributed by atoms with Gasteiger partial charge in [-0.2, -0.15) is 0 Å². The molecule has 1 aromatic carbocycles. The molecule has 1 aliphatic rings. The van der Waals surface area contributed by atoms with E-state index < -0.39 is 0 Å². The molecule has 0 amide bonds. The van der Waals surface area contributed by atoms with E-state index in [4.69, 9.17) is 9.47 Å². The summed E-state index contributed by atoms with van der Waals surface area (Å²) in [6.45, 7) is 8.87. The minimum atomic E-state index is 0. The van der Waals surface area contributed by atoms with Gasteiger partial charge in [0, 0.05) is 45.5 Å². The maximum Gasteiger partial charge on any atom is 0.191 e. The lowest BCUT2D eigenvalue weighted by Gasteiger charge is -2.19. The lowest BCUT2D eigenvalue weighted by atomic mass is 10.1. The third kappa shape index (κ3) is 9.93. The largest absolute Gasteiger partial charge is 0.379 e. The number of nitrogens with one attached hydrogen (secondary N) is 2. The molecular formula is C21H37IN4O2. The molecule has 0 spiro atoms. The summed E-state index contributed by atoms with van der Waals surface area (Å²) >= 11 is 0. The normalized spacial score (nSPS) is 16.7. The number of hydrogen-bond acceptors (Lipinski definition) is 4. The topological polar surface area (TPSA) is 58.1 Å². The van der Waals surface area contributed by atoms with Crippen LogP contribution in [0.15, 0.2) is 35.3 Å². The van der Waals surface area contributed by atoms with Crippen LogP contribution < -0.4 is 15.5 Å². The first-order chi connectivity index (χ1) is 13.3. The first-order valence-electron chi connectivity index (χ1n) is 10.2. The van der Waals surface area contributed by atoms with Crippen molar-refractivity contribution in [3.63, 3.8) is 0 Å². The van der Waals surface area contributed by atoms with E-state index in [0.717, 1.165) is 45.2 Å². The van der Waals surface area contributed by atoms with E-state index in [-0.39, 0.29) is 24.0 Å². The van der Waals surface area contributed by atoms with Gasteiger partial charge >= 0.3 is 0 Å². The highest BCUT2D eigenvalue weighted by Gasteiger charge is 2.22. The molecule has 1 atom stereocenters. The summed E-state index contributed by atoms with van der Waals surface area (Å²) in [4.78, 5) is 6.75. The molecule has 0 saturated carbocycles. The Labute approximate surface area is 187 Å². The number of anilines is 1. The number of halogens is 1. The molecule has 1 aromatic rings. The Bertz CT molecular complexity index is 530. The summed E-state index contributed by atoms with van der Waals surface area (Å²) in [5.74, 6) is 1.48. The van der Waals surface area contributed by atoms with Crippen molar-refractivity contribution in [2.45, 2.75) is 26.2 Å². The summed E-state index contributed by atoms with van der Waals surface area (Å²) < 4.78 is 11.0. The summed E-state index contributed by atoms with van der Waals surface area (Å²) in [6.07, 6.45) is 3.50. The zero-order valence-electron chi connectivity index (χ0n) is 17.4. The molecule has 0 aromatic heterocycles. The molecular weight excluding hydrogens is 467 g/mol. The SMILES string of the molecule is CCCCOCCOCCNC(=NC)NCC1CCN(c2ccccc2)C1.I. The van der Waals surface area contributed by atoms with Crippen LogP contribution in [0.4, 0.5) is 5.69 Å². The smallest absolute Gasteiger partial charge is 0.191 e. The molecule has 1 unspecified atom stereocenters. The van der Waals surface area contributed by atoms with Crippen molar-refractivity contribution in [2.75, 3.05) is 64.6 Å². The number of nitrogens with zero attached hydrogens (tertiary/aromatic N) is 2. The number of hydrogen-bond donors (Lipinski definition) is 2. The number of rotatable bonds is 12. The average molecular weight is 504 g/mol. The first kappa shape index (κ1) is 25.0. The number of unbranched alkanes of at least 4 members (excludes halogenated alkanes) is 1. The van der Waals surface area contributed by atoms with Crippen LogP contribution in [0.2, 0.25) is 0 Å². The Morgan fingerprint density at radius 3 is 2.57 bits per heavy atom. The Morgan fingerprint density at radius 1 is 1.11 bits per heavy atom. The molecule has 160 valence electrons. The van der Waals surface area contributed by atoms with Gasteiger partial charge in [0.05, 0.1) is 19.8 Å². The third-order valence-electron chi connectivity index (χ3n) is 4.74. The standard InChI is InChI=1S/C21H36N4O2.HI/c1-3-4-13-26-15-16-27-14-11-23-21(22-2)24-17-19-10-12-25(18-19)20-8-6-5-7-9-20;/h5-9,19H,3-4,10-18H2,1-2H3,(H2,22,23,24);1H. The van der Waals surface area contributed by atoms with E-state index in [1.807, 2.05) is 7.05 Å². The third-order valence-corrected chi connectivity index (χ3v) is 4.74. The Kier molecular flexibility index (Phi) is 14.1. The van der Waals surface area contributed by atoms with Crippen molar-refractivity contribution in [3.8, 4) is 0 Å². The van der Waals surface area contributed by atoms with Gasteiger partial charge in [0.15, 0.2) is 5.96 Å². The van der Waals surface area contributed by atoms with Gasteiger partial charge in [-0.15, -0.1) is 24.0 Å². The molecule has 7 heteroatoms.